The molecule has 1 aliphatic heterocycles. The molecule has 21 heavy (non-hydrogen) atoms. The Hall–Kier alpha value is -2.38. The number of pyridine rings is 1. The summed E-state index contributed by atoms with van der Waals surface area (Å²) in [4.78, 5) is 4.45. The first-order valence-electron chi connectivity index (χ1n) is 6.92. The molecular formula is C17H17N3O. The second kappa shape index (κ2) is 4.87. The molecule has 2 heterocycles. The lowest BCUT2D eigenvalue weighted by molar-refractivity contribution is -0.0400. The van der Waals surface area contributed by atoms with Crippen LogP contribution in [0.3, 0.4) is 0 Å². The highest BCUT2D eigenvalue weighted by Gasteiger charge is 2.31. The van der Waals surface area contributed by atoms with E-state index in [-0.39, 0.29) is 5.60 Å². The topological polar surface area (TPSA) is 71.9 Å². The summed E-state index contributed by atoms with van der Waals surface area (Å²) in [5, 5.41) is 9.40. The summed E-state index contributed by atoms with van der Waals surface area (Å²) in [7, 11) is 0. The zero-order valence-corrected chi connectivity index (χ0v) is 12.2. The number of ether oxygens (including phenoxy) is 1. The van der Waals surface area contributed by atoms with Crippen molar-refractivity contribution in [1.29, 1.82) is 5.26 Å². The molecule has 2 aromatic rings. The molecule has 0 aliphatic carbocycles. The number of rotatable bonds is 1. The third-order valence-electron chi connectivity index (χ3n) is 3.81. The third kappa shape index (κ3) is 2.37. The smallest absolute Gasteiger partial charge is 0.142 e. The van der Waals surface area contributed by atoms with Crippen molar-refractivity contribution in [2.24, 2.45) is 0 Å². The number of nitrogen functional groups attached to an aromatic ring is 1. The Balaban J connectivity index is 2.26. The monoisotopic (exact) mass is 279 g/mol. The second-order valence-electron chi connectivity index (χ2n) is 5.88. The molecule has 0 saturated heterocycles. The van der Waals surface area contributed by atoms with E-state index in [4.69, 9.17) is 10.5 Å². The largest absolute Gasteiger partial charge is 0.383 e. The molecule has 0 amide bonds. The van der Waals surface area contributed by atoms with Crippen LogP contribution in [0, 0.1) is 11.3 Å². The van der Waals surface area contributed by atoms with E-state index in [1.807, 2.05) is 44.2 Å². The maximum absolute atomic E-state index is 9.40. The molecule has 0 radical (unpaired) electrons. The summed E-state index contributed by atoms with van der Waals surface area (Å²) in [6.07, 6.45) is 0.664. The molecule has 0 fully saturated rings. The molecular weight excluding hydrogens is 262 g/mol. The minimum absolute atomic E-state index is 0.291. The van der Waals surface area contributed by atoms with Crippen LogP contribution in [-0.2, 0) is 17.8 Å². The van der Waals surface area contributed by atoms with Crippen molar-refractivity contribution in [3.8, 4) is 17.3 Å². The molecule has 4 heteroatoms. The first kappa shape index (κ1) is 13.6. The summed E-state index contributed by atoms with van der Waals surface area (Å²) in [6.45, 7) is 4.50. The normalized spacial score (nSPS) is 16.0. The summed E-state index contributed by atoms with van der Waals surface area (Å²) < 4.78 is 5.90. The molecule has 0 atom stereocenters. The number of nitriles is 1. The molecule has 0 bridgehead atoms. The molecule has 4 nitrogen and oxygen atoms in total. The first-order chi connectivity index (χ1) is 10.0. The summed E-state index contributed by atoms with van der Waals surface area (Å²) >= 11 is 0. The first-order valence-corrected chi connectivity index (χ1v) is 6.92. The number of aromatic nitrogens is 1. The van der Waals surface area contributed by atoms with Crippen molar-refractivity contribution in [2.75, 3.05) is 5.73 Å². The van der Waals surface area contributed by atoms with E-state index >= 15 is 0 Å². The van der Waals surface area contributed by atoms with Crippen molar-refractivity contribution in [1.82, 2.24) is 4.98 Å². The van der Waals surface area contributed by atoms with Gasteiger partial charge in [0.15, 0.2) is 0 Å². The maximum Gasteiger partial charge on any atom is 0.142 e. The molecule has 0 unspecified atom stereocenters. The van der Waals surface area contributed by atoms with Gasteiger partial charge in [0.05, 0.1) is 23.5 Å². The Bertz CT molecular complexity index is 730. The highest BCUT2D eigenvalue weighted by molar-refractivity contribution is 5.71. The van der Waals surface area contributed by atoms with Crippen molar-refractivity contribution in [2.45, 2.75) is 32.5 Å². The standard InChI is InChI=1S/C17H17N3O/c1-17(2)8-12-13(9-18)16(19)20-15(14(12)10-21-17)11-6-4-3-5-7-11/h3-7H,8,10H2,1-2H3,(H2,19,20). The van der Waals surface area contributed by atoms with Gasteiger partial charge in [-0.2, -0.15) is 5.26 Å². The van der Waals surface area contributed by atoms with Crippen LogP contribution in [0.25, 0.3) is 11.3 Å². The summed E-state index contributed by atoms with van der Waals surface area (Å²) in [5.41, 5.74) is 9.96. The predicted molar refractivity (Wildman–Crippen MR) is 81.4 cm³/mol. The third-order valence-corrected chi connectivity index (χ3v) is 3.81. The van der Waals surface area contributed by atoms with Gasteiger partial charge >= 0.3 is 0 Å². The zero-order chi connectivity index (χ0) is 15.0. The maximum atomic E-state index is 9.40. The van der Waals surface area contributed by atoms with E-state index in [0.29, 0.717) is 24.4 Å². The van der Waals surface area contributed by atoms with E-state index in [0.717, 1.165) is 22.4 Å². The van der Waals surface area contributed by atoms with Crippen LogP contribution in [0.1, 0.15) is 30.5 Å². The Morgan fingerprint density at radius 2 is 1.95 bits per heavy atom. The average Bonchev–Trinajstić information content (AvgIpc) is 2.46. The number of hydrogen-bond donors (Lipinski definition) is 1. The van der Waals surface area contributed by atoms with E-state index < -0.39 is 0 Å². The van der Waals surface area contributed by atoms with Gasteiger partial charge in [-0.1, -0.05) is 30.3 Å². The van der Waals surface area contributed by atoms with Crippen molar-refractivity contribution in [3.05, 3.63) is 47.0 Å². The van der Waals surface area contributed by atoms with Gasteiger partial charge in [-0.25, -0.2) is 4.98 Å². The minimum atomic E-state index is -0.291. The van der Waals surface area contributed by atoms with Crippen LogP contribution < -0.4 is 5.73 Å². The Labute approximate surface area is 124 Å². The van der Waals surface area contributed by atoms with Gasteiger partial charge < -0.3 is 10.5 Å². The molecule has 0 spiro atoms. The lowest BCUT2D eigenvalue weighted by atomic mass is 9.87. The summed E-state index contributed by atoms with van der Waals surface area (Å²) in [5.74, 6) is 0.299. The van der Waals surface area contributed by atoms with Gasteiger partial charge in [-0.05, 0) is 19.4 Å². The molecule has 1 aromatic heterocycles. The SMILES string of the molecule is CC1(C)Cc2c(C#N)c(N)nc(-c3ccccc3)c2CO1. The number of nitrogens with two attached hydrogens (primary N) is 1. The summed E-state index contributed by atoms with van der Waals surface area (Å²) in [6, 6.07) is 12.1. The van der Waals surface area contributed by atoms with Crippen molar-refractivity contribution < 1.29 is 4.74 Å². The average molecular weight is 279 g/mol. The van der Waals surface area contributed by atoms with Gasteiger partial charge in [0, 0.05) is 17.5 Å². The molecule has 106 valence electrons. The highest BCUT2D eigenvalue weighted by atomic mass is 16.5. The van der Waals surface area contributed by atoms with Crippen LogP contribution in [0.15, 0.2) is 30.3 Å². The van der Waals surface area contributed by atoms with Crippen LogP contribution >= 0.6 is 0 Å². The molecule has 2 N–H and O–H groups in total. The lowest BCUT2D eigenvalue weighted by Gasteiger charge is -2.33. The fourth-order valence-electron chi connectivity index (χ4n) is 2.75. The van der Waals surface area contributed by atoms with Crippen molar-refractivity contribution in [3.63, 3.8) is 0 Å². The van der Waals surface area contributed by atoms with E-state index in [2.05, 4.69) is 11.1 Å². The van der Waals surface area contributed by atoms with Gasteiger partial charge in [0.2, 0.25) is 0 Å². The number of anilines is 1. The Kier molecular flexibility index (Phi) is 3.15. The zero-order valence-electron chi connectivity index (χ0n) is 12.2. The van der Waals surface area contributed by atoms with Crippen LogP contribution in [0.5, 0.6) is 0 Å². The predicted octanol–water partition coefficient (Wildman–Crippen LogP) is 3.05. The fourth-order valence-corrected chi connectivity index (χ4v) is 2.75. The second-order valence-corrected chi connectivity index (χ2v) is 5.88. The molecule has 0 saturated carbocycles. The van der Waals surface area contributed by atoms with Gasteiger partial charge in [0.25, 0.3) is 0 Å². The van der Waals surface area contributed by atoms with Crippen LogP contribution in [-0.4, -0.2) is 10.6 Å². The fraction of sp³-hybridized carbons (Fsp3) is 0.294. The van der Waals surface area contributed by atoms with E-state index in [9.17, 15) is 5.26 Å². The number of nitrogens with zero attached hydrogens (tertiary/aromatic N) is 2. The molecule has 1 aromatic carbocycles. The number of benzene rings is 1. The lowest BCUT2D eigenvalue weighted by Crippen LogP contribution is -2.33. The minimum Gasteiger partial charge on any atom is -0.383 e. The van der Waals surface area contributed by atoms with Gasteiger partial charge in [-0.3, -0.25) is 0 Å². The molecule has 3 rings (SSSR count). The van der Waals surface area contributed by atoms with Crippen molar-refractivity contribution >= 4 is 5.82 Å². The number of fused-ring (bicyclic) bond motifs is 1. The Morgan fingerprint density at radius 1 is 1.24 bits per heavy atom. The number of hydrogen-bond acceptors (Lipinski definition) is 4. The molecule has 1 aliphatic rings. The quantitative estimate of drug-likeness (QED) is 0.870. The van der Waals surface area contributed by atoms with Crippen LogP contribution in [0.4, 0.5) is 5.82 Å². The van der Waals surface area contributed by atoms with E-state index in [1.54, 1.807) is 0 Å². The Morgan fingerprint density at radius 3 is 2.62 bits per heavy atom. The van der Waals surface area contributed by atoms with Gasteiger partial charge in [0.1, 0.15) is 11.9 Å². The van der Waals surface area contributed by atoms with Gasteiger partial charge in [-0.15, -0.1) is 0 Å². The highest BCUT2D eigenvalue weighted by Crippen LogP contribution is 2.36. The van der Waals surface area contributed by atoms with E-state index in [1.165, 1.54) is 0 Å². The van der Waals surface area contributed by atoms with Crippen LogP contribution in [0.2, 0.25) is 0 Å².